The largest absolute Gasteiger partial charge is 0.484 e. The number of ketones is 1. The lowest BCUT2D eigenvalue weighted by Gasteiger charge is -2.26. The minimum atomic E-state index is -0.135. The standard InChI is InChI=1S/C21H26N2O3S/c1-2-19(24)16-7-9-17(10-8-16)26-15-21(25)22-14-18(20-6-5-13-27-20)23-11-3-4-12-23/h5-10,13,18H,2-4,11-12,14-15H2,1H3,(H,22,25)/t18-/m0/s1. The number of likely N-dealkylation sites (tertiary alicyclic amines) is 1. The molecule has 0 aliphatic carbocycles. The number of amides is 1. The number of hydrogen-bond donors (Lipinski definition) is 1. The monoisotopic (exact) mass is 386 g/mol. The molecule has 1 amide bonds. The van der Waals surface area contributed by atoms with Gasteiger partial charge in [0.2, 0.25) is 0 Å². The van der Waals surface area contributed by atoms with Gasteiger partial charge in [-0.05, 0) is 61.6 Å². The molecule has 144 valence electrons. The highest BCUT2D eigenvalue weighted by Crippen LogP contribution is 2.27. The number of nitrogens with zero attached hydrogens (tertiary/aromatic N) is 1. The molecule has 0 unspecified atom stereocenters. The number of carbonyl (C=O) groups excluding carboxylic acids is 2. The molecule has 2 heterocycles. The molecule has 0 bridgehead atoms. The van der Waals surface area contributed by atoms with Gasteiger partial charge in [-0.25, -0.2) is 0 Å². The van der Waals surface area contributed by atoms with E-state index in [1.165, 1.54) is 17.7 Å². The lowest BCUT2D eigenvalue weighted by molar-refractivity contribution is -0.123. The number of ether oxygens (including phenoxy) is 1. The van der Waals surface area contributed by atoms with Gasteiger partial charge in [-0.15, -0.1) is 11.3 Å². The number of rotatable bonds is 9. The predicted octanol–water partition coefficient (Wildman–Crippen LogP) is 3.67. The second-order valence-corrected chi connectivity index (χ2v) is 7.65. The maximum Gasteiger partial charge on any atom is 0.258 e. The highest BCUT2D eigenvalue weighted by molar-refractivity contribution is 7.10. The van der Waals surface area contributed by atoms with Gasteiger partial charge < -0.3 is 10.1 Å². The van der Waals surface area contributed by atoms with Crippen LogP contribution in [0.3, 0.4) is 0 Å². The molecule has 1 aliphatic rings. The van der Waals surface area contributed by atoms with Crippen molar-refractivity contribution in [2.75, 3.05) is 26.2 Å². The molecular formula is C21H26N2O3S. The number of benzene rings is 1. The van der Waals surface area contributed by atoms with Crippen molar-refractivity contribution in [1.29, 1.82) is 0 Å². The van der Waals surface area contributed by atoms with E-state index in [1.807, 2.05) is 6.92 Å². The van der Waals surface area contributed by atoms with Gasteiger partial charge >= 0.3 is 0 Å². The van der Waals surface area contributed by atoms with Crippen molar-refractivity contribution < 1.29 is 14.3 Å². The average Bonchev–Trinajstić information content (AvgIpc) is 3.41. The summed E-state index contributed by atoms with van der Waals surface area (Å²) in [5.41, 5.74) is 0.665. The van der Waals surface area contributed by atoms with Crippen molar-refractivity contribution in [2.45, 2.75) is 32.2 Å². The quantitative estimate of drug-likeness (QED) is 0.668. The zero-order valence-corrected chi connectivity index (χ0v) is 16.5. The van der Waals surface area contributed by atoms with Crippen LogP contribution < -0.4 is 10.1 Å². The van der Waals surface area contributed by atoms with Crippen LogP contribution in [0.1, 0.15) is 47.5 Å². The summed E-state index contributed by atoms with van der Waals surface area (Å²) < 4.78 is 5.55. The van der Waals surface area contributed by atoms with Gasteiger partial charge in [-0.2, -0.15) is 0 Å². The SMILES string of the molecule is CCC(=O)c1ccc(OCC(=O)NC[C@@H](c2cccs2)N2CCCC2)cc1. The highest BCUT2D eigenvalue weighted by Gasteiger charge is 2.24. The Labute approximate surface area is 164 Å². The maximum absolute atomic E-state index is 12.2. The Morgan fingerprint density at radius 1 is 1.19 bits per heavy atom. The van der Waals surface area contributed by atoms with Crippen LogP contribution in [-0.2, 0) is 4.79 Å². The molecule has 5 nitrogen and oxygen atoms in total. The summed E-state index contributed by atoms with van der Waals surface area (Å²) in [5, 5.41) is 5.08. The lowest BCUT2D eigenvalue weighted by Crippen LogP contribution is -2.38. The van der Waals surface area contributed by atoms with Crippen LogP contribution in [-0.4, -0.2) is 42.8 Å². The predicted molar refractivity (Wildman–Crippen MR) is 107 cm³/mol. The molecule has 2 aromatic rings. The molecule has 1 aromatic carbocycles. The Bertz CT molecular complexity index is 737. The van der Waals surface area contributed by atoms with E-state index in [1.54, 1.807) is 35.6 Å². The van der Waals surface area contributed by atoms with Crippen LogP contribution in [0.25, 0.3) is 0 Å². The molecule has 1 saturated heterocycles. The fourth-order valence-electron chi connectivity index (χ4n) is 3.30. The molecule has 1 aliphatic heterocycles. The van der Waals surface area contributed by atoms with Gasteiger partial charge in [0.1, 0.15) is 5.75 Å². The number of hydrogen-bond acceptors (Lipinski definition) is 5. The molecule has 1 aromatic heterocycles. The van der Waals surface area contributed by atoms with Gasteiger partial charge in [-0.1, -0.05) is 13.0 Å². The molecule has 1 N–H and O–H groups in total. The second kappa shape index (κ2) is 9.67. The third-order valence-electron chi connectivity index (χ3n) is 4.81. The Hall–Kier alpha value is -2.18. The van der Waals surface area contributed by atoms with Crippen LogP contribution in [0, 0.1) is 0 Å². The van der Waals surface area contributed by atoms with Crippen LogP contribution in [0.15, 0.2) is 41.8 Å². The minimum Gasteiger partial charge on any atom is -0.484 e. The van der Waals surface area contributed by atoms with E-state index in [9.17, 15) is 9.59 Å². The number of thiophene rings is 1. The normalized spacial score (nSPS) is 15.4. The van der Waals surface area contributed by atoms with Gasteiger partial charge in [0.25, 0.3) is 5.91 Å². The highest BCUT2D eigenvalue weighted by atomic mass is 32.1. The first kappa shape index (κ1) is 19.6. The van der Waals surface area contributed by atoms with Crippen LogP contribution in [0.5, 0.6) is 5.75 Å². The Balaban J connectivity index is 1.49. The maximum atomic E-state index is 12.2. The smallest absolute Gasteiger partial charge is 0.258 e. The summed E-state index contributed by atoms with van der Waals surface area (Å²) in [7, 11) is 0. The summed E-state index contributed by atoms with van der Waals surface area (Å²) in [5.74, 6) is 0.553. The Kier molecular flexibility index (Phi) is 7.01. The summed E-state index contributed by atoms with van der Waals surface area (Å²) in [6.07, 6.45) is 2.91. The molecule has 0 spiro atoms. The number of nitrogens with one attached hydrogen (secondary N) is 1. The summed E-state index contributed by atoms with van der Waals surface area (Å²) in [6.45, 7) is 4.56. The Morgan fingerprint density at radius 2 is 1.93 bits per heavy atom. The average molecular weight is 387 g/mol. The van der Waals surface area contributed by atoms with Crippen molar-refractivity contribution >= 4 is 23.0 Å². The van der Waals surface area contributed by atoms with Crippen molar-refractivity contribution in [3.05, 3.63) is 52.2 Å². The molecule has 27 heavy (non-hydrogen) atoms. The van der Waals surface area contributed by atoms with Crippen LogP contribution >= 0.6 is 11.3 Å². The molecule has 0 saturated carbocycles. The van der Waals surface area contributed by atoms with Gasteiger partial charge in [0.15, 0.2) is 12.4 Å². The van der Waals surface area contributed by atoms with Crippen LogP contribution in [0.4, 0.5) is 0 Å². The number of Topliss-reactive ketones (excluding diaryl/α,β-unsaturated/α-hetero) is 1. The summed E-state index contributed by atoms with van der Waals surface area (Å²) >= 11 is 1.73. The van der Waals surface area contributed by atoms with E-state index in [2.05, 4.69) is 27.7 Å². The molecule has 6 heteroatoms. The second-order valence-electron chi connectivity index (χ2n) is 6.67. The first-order valence-electron chi connectivity index (χ1n) is 9.47. The third-order valence-corrected chi connectivity index (χ3v) is 5.79. The van der Waals surface area contributed by atoms with Crippen molar-refractivity contribution in [3.8, 4) is 5.75 Å². The molecule has 0 radical (unpaired) electrons. The zero-order valence-electron chi connectivity index (χ0n) is 15.6. The summed E-state index contributed by atoms with van der Waals surface area (Å²) in [4.78, 5) is 27.6. The van der Waals surface area contributed by atoms with Gasteiger partial charge in [0.05, 0.1) is 6.04 Å². The molecule has 3 rings (SSSR count). The Morgan fingerprint density at radius 3 is 2.56 bits per heavy atom. The van der Waals surface area contributed by atoms with E-state index >= 15 is 0 Å². The van der Waals surface area contributed by atoms with Crippen molar-refractivity contribution in [1.82, 2.24) is 10.2 Å². The minimum absolute atomic E-state index is 0.0295. The van der Waals surface area contributed by atoms with E-state index in [0.717, 1.165) is 13.1 Å². The van der Waals surface area contributed by atoms with Gasteiger partial charge in [-0.3, -0.25) is 14.5 Å². The lowest BCUT2D eigenvalue weighted by atomic mass is 10.1. The van der Waals surface area contributed by atoms with Crippen LogP contribution in [0.2, 0.25) is 0 Å². The fraction of sp³-hybridized carbons (Fsp3) is 0.429. The summed E-state index contributed by atoms with van der Waals surface area (Å²) in [6, 6.07) is 11.4. The zero-order chi connectivity index (χ0) is 19.1. The molecule has 1 fully saturated rings. The third kappa shape index (κ3) is 5.40. The van der Waals surface area contributed by atoms with E-state index in [0.29, 0.717) is 24.3 Å². The first-order valence-corrected chi connectivity index (χ1v) is 10.4. The van der Waals surface area contributed by atoms with E-state index in [-0.39, 0.29) is 24.3 Å². The van der Waals surface area contributed by atoms with E-state index in [4.69, 9.17) is 4.74 Å². The van der Waals surface area contributed by atoms with Crippen molar-refractivity contribution in [2.24, 2.45) is 0 Å². The molecular weight excluding hydrogens is 360 g/mol. The van der Waals surface area contributed by atoms with Crippen molar-refractivity contribution in [3.63, 3.8) is 0 Å². The van der Waals surface area contributed by atoms with Gasteiger partial charge in [0, 0.05) is 23.4 Å². The topological polar surface area (TPSA) is 58.6 Å². The number of carbonyl (C=O) groups is 2. The fourth-order valence-corrected chi connectivity index (χ4v) is 4.16. The van der Waals surface area contributed by atoms with E-state index < -0.39 is 0 Å². The molecule has 1 atom stereocenters. The first-order chi connectivity index (χ1) is 13.2.